The Hall–Kier alpha value is -1.84. The Morgan fingerprint density at radius 1 is 0.808 bits per heavy atom. The molecule has 0 saturated carbocycles. The van der Waals surface area contributed by atoms with E-state index in [1.54, 1.807) is 12.1 Å². The molecular weight excluding hydrogens is 326 g/mol. The summed E-state index contributed by atoms with van der Waals surface area (Å²) in [7, 11) is 0. The van der Waals surface area contributed by atoms with Gasteiger partial charge in [-0.1, -0.05) is 83.6 Å². The van der Waals surface area contributed by atoms with Crippen LogP contribution < -0.4 is 5.73 Å². The van der Waals surface area contributed by atoms with Crippen molar-refractivity contribution in [3.05, 3.63) is 35.4 Å². The highest BCUT2D eigenvalue weighted by Crippen LogP contribution is 2.12. The molecule has 145 valence electrons. The number of hydrogen-bond acceptors (Lipinski definition) is 3. The van der Waals surface area contributed by atoms with Crippen LogP contribution in [0.1, 0.15) is 105 Å². The number of amides is 1. The molecule has 0 aliphatic carbocycles. The zero-order valence-electron chi connectivity index (χ0n) is 16.2. The second-order valence-electron chi connectivity index (χ2n) is 6.93. The third kappa shape index (κ3) is 10.2. The number of carbonyl (C=O) groups excluding carboxylic acids is 2. The quantitative estimate of drug-likeness (QED) is 0.286. The summed E-state index contributed by atoms with van der Waals surface area (Å²) >= 11 is 0. The van der Waals surface area contributed by atoms with Gasteiger partial charge in [-0.05, 0) is 24.6 Å². The lowest BCUT2D eigenvalue weighted by Crippen LogP contribution is -2.08. The summed E-state index contributed by atoms with van der Waals surface area (Å²) in [6.07, 6.45) is 15.3. The van der Waals surface area contributed by atoms with E-state index in [1.165, 1.54) is 76.3 Å². The van der Waals surface area contributed by atoms with E-state index in [2.05, 4.69) is 6.92 Å². The summed E-state index contributed by atoms with van der Waals surface area (Å²) in [6.45, 7) is 2.66. The Morgan fingerprint density at radius 2 is 1.31 bits per heavy atom. The highest BCUT2D eigenvalue weighted by atomic mass is 16.5. The fraction of sp³-hybridized carbons (Fsp3) is 0.636. The molecule has 0 heterocycles. The van der Waals surface area contributed by atoms with E-state index in [4.69, 9.17) is 10.5 Å². The molecule has 1 aromatic rings. The van der Waals surface area contributed by atoms with Crippen molar-refractivity contribution < 1.29 is 14.3 Å². The Morgan fingerprint density at radius 3 is 1.85 bits per heavy atom. The van der Waals surface area contributed by atoms with E-state index < -0.39 is 11.9 Å². The highest BCUT2D eigenvalue weighted by molar-refractivity contribution is 5.96. The lowest BCUT2D eigenvalue weighted by Gasteiger charge is -2.06. The molecule has 0 bridgehead atoms. The zero-order chi connectivity index (χ0) is 19.0. The summed E-state index contributed by atoms with van der Waals surface area (Å²) in [4.78, 5) is 22.9. The SMILES string of the molecule is CCCCCCCCCCCCCCOC(=O)c1cccc(C([NH])=O)c1. The molecule has 1 N–H and O–H groups in total. The Bertz CT molecular complexity index is 528. The van der Waals surface area contributed by atoms with Gasteiger partial charge in [0.25, 0.3) is 5.91 Å². The minimum absolute atomic E-state index is 0.213. The van der Waals surface area contributed by atoms with Crippen molar-refractivity contribution in [1.82, 2.24) is 5.73 Å². The lowest BCUT2D eigenvalue weighted by atomic mass is 10.1. The second kappa shape index (κ2) is 14.3. The van der Waals surface area contributed by atoms with Crippen molar-refractivity contribution in [1.29, 1.82) is 0 Å². The molecule has 4 nitrogen and oxygen atoms in total. The highest BCUT2D eigenvalue weighted by Gasteiger charge is 2.09. The number of ether oxygens (including phenoxy) is 1. The maximum atomic E-state index is 11.9. The monoisotopic (exact) mass is 360 g/mol. The van der Waals surface area contributed by atoms with Crippen LogP contribution in [0.4, 0.5) is 0 Å². The van der Waals surface area contributed by atoms with E-state index in [-0.39, 0.29) is 5.56 Å². The maximum Gasteiger partial charge on any atom is 0.338 e. The lowest BCUT2D eigenvalue weighted by molar-refractivity contribution is 0.0497. The largest absolute Gasteiger partial charge is 0.462 e. The number of unbranched alkanes of at least 4 members (excludes halogenated alkanes) is 11. The van der Waals surface area contributed by atoms with Crippen molar-refractivity contribution in [2.45, 2.75) is 84.0 Å². The van der Waals surface area contributed by atoms with Gasteiger partial charge in [0.05, 0.1) is 12.2 Å². The molecule has 0 unspecified atom stereocenters. The first-order valence-electron chi connectivity index (χ1n) is 10.2. The van der Waals surface area contributed by atoms with Gasteiger partial charge in [-0.15, -0.1) is 0 Å². The average Bonchev–Trinajstić information content (AvgIpc) is 2.65. The number of hydrogen-bond donors (Lipinski definition) is 0. The molecule has 0 spiro atoms. The molecule has 0 aliphatic heterocycles. The normalized spacial score (nSPS) is 10.7. The molecule has 0 aliphatic rings. The molecule has 26 heavy (non-hydrogen) atoms. The van der Waals surface area contributed by atoms with Gasteiger partial charge < -0.3 is 4.74 Å². The van der Waals surface area contributed by atoms with Gasteiger partial charge in [-0.3, -0.25) is 10.5 Å². The first kappa shape index (κ1) is 22.2. The standard InChI is InChI=1S/C22H34NO3/c1-2-3-4-5-6-7-8-9-10-11-12-13-17-26-22(25)20-16-14-15-19(18-20)21(23)24/h14-16,18,23H,2-13,17H2,1H3. The third-order valence-corrected chi connectivity index (χ3v) is 4.59. The summed E-state index contributed by atoms with van der Waals surface area (Å²) in [5.74, 6) is -1.21. The average molecular weight is 361 g/mol. The van der Waals surface area contributed by atoms with Gasteiger partial charge in [0.15, 0.2) is 0 Å². The van der Waals surface area contributed by atoms with Crippen LogP contribution in [0.5, 0.6) is 0 Å². The molecular formula is C22H34NO3. The Labute approximate surface area is 158 Å². The summed E-state index contributed by atoms with van der Waals surface area (Å²) in [5, 5.41) is 0. The van der Waals surface area contributed by atoms with Crippen LogP contribution in [0, 0.1) is 0 Å². The second-order valence-corrected chi connectivity index (χ2v) is 6.93. The zero-order valence-corrected chi connectivity index (χ0v) is 16.2. The van der Waals surface area contributed by atoms with Gasteiger partial charge in [-0.25, -0.2) is 4.79 Å². The van der Waals surface area contributed by atoms with Crippen molar-refractivity contribution >= 4 is 11.9 Å². The number of nitrogens with one attached hydrogen (secondary N) is 1. The molecule has 1 rings (SSSR count). The predicted molar refractivity (Wildman–Crippen MR) is 105 cm³/mol. The Balaban J connectivity index is 1.98. The van der Waals surface area contributed by atoms with Crippen LogP contribution in [-0.2, 0) is 4.74 Å². The minimum Gasteiger partial charge on any atom is -0.462 e. The fourth-order valence-electron chi connectivity index (χ4n) is 2.98. The van der Waals surface area contributed by atoms with E-state index >= 15 is 0 Å². The van der Waals surface area contributed by atoms with Gasteiger partial charge in [0, 0.05) is 5.56 Å². The smallest absolute Gasteiger partial charge is 0.338 e. The van der Waals surface area contributed by atoms with Gasteiger partial charge in [0.1, 0.15) is 0 Å². The van der Waals surface area contributed by atoms with Crippen molar-refractivity contribution in [2.24, 2.45) is 0 Å². The van der Waals surface area contributed by atoms with Crippen LogP contribution >= 0.6 is 0 Å². The molecule has 1 amide bonds. The van der Waals surface area contributed by atoms with E-state index in [9.17, 15) is 9.59 Å². The van der Waals surface area contributed by atoms with Crippen LogP contribution in [0.15, 0.2) is 24.3 Å². The molecule has 0 aromatic heterocycles. The summed E-state index contributed by atoms with van der Waals surface area (Å²) in [6, 6.07) is 6.15. The van der Waals surface area contributed by atoms with Crippen LogP contribution in [0.2, 0.25) is 0 Å². The maximum absolute atomic E-state index is 11.9. The van der Waals surface area contributed by atoms with Gasteiger partial charge >= 0.3 is 5.97 Å². The van der Waals surface area contributed by atoms with E-state index in [1.807, 2.05) is 0 Å². The van der Waals surface area contributed by atoms with Crippen LogP contribution in [0.25, 0.3) is 0 Å². The molecule has 0 saturated heterocycles. The third-order valence-electron chi connectivity index (χ3n) is 4.59. The fourth-order valence-corrected chi connectivity index (χ4v) is 2.98. The number of esters is 1. The summed E-state index contributed by atoms with van der Waals surface area (Å²) < 4.78 is 5.24. The number of benzene rings is 1. The molecule has 1 aromatic carbocycles. The van der Waals surface area contributed by atoms with Crippen molar-refractivity contribution in [2.75, 3.05) is 6.61 Å². The van der Waals surface area contributed by atoms with Crippen LogP contribution in [0.3, 0.4) is 0 Å². The van der Waals surface area contributed by atoms with Gasteiger partial charge in [0.2, 0.25) is 0 Å². The van der Waals surface area contributed by atoms with E-state index in [0.717, 1.165) is 12.8 Å². The van der Waals surface area contributed by atoms with Crippen molar-refractivity contribution in [3.63, 3.8) is 0 Å². The minimum atomic E-state index is -0.791. The topological polar surface area (TPSA) is 67.2 Å². The molecule has 4 heteroatoms. The first-order chi connectivity index (χ1) is 12.6. The predicted octanol–water partition coefficient (Wildman–Crippen LogP) is 5.97. The molecule has 0 fully saturated rings. The summed E-state index contributed by atoms with van der Waals surface area (Å²) in [5.41, 5.74) is 7.63. The van der Waals surface area contributed by atoms with Crippen molar-refractivity contribution in [3.8, 4) is 0 Å². The number of carbonyl (C=O) groups is 2. The van der Waals surface area contributed by atoms with Gasteiger partial charge in [-0.2, -0.15) is 0 Å². The van der Waals surface area contributed by atoms with E-state index in [0.29, 0.717) is 12.2 Å². The number of rotatable bonds is 15. The Kier molecular flexibility index (Phi) is 12.2. The molecule has 1 radical (unpaired) electrons. The van der Waals surface area contributed by atoms with Crippen LogP contribution in [-0.4, -0.2) is 18.5 Å². The first-order valence-corrected chi connectivity index (χ1v) is 10.2. The molecule has 0 atom stereocenters.